The molecule has 3 aromatic rings. The standard InChI is InChI=1S/C23H26N2O4S2/c1-5-28-17-9-12-19-20(13-17)31-23(25(19)14-21(26)29-6-2)24-22(27)16-7-10-18(11-8-16)30-15(3)4/h7-13,15H,5-6,14H2,1-4H3. The van der Waals surface area contributed by atoms with Crippen LogP contribution in [0, 0.1) is 0 Å². The second-order valence-electron chi connectivity index (χ2n) is 6.95. The van der Waals surface area contributed by atoms with E-state index in [1.807, 2.05) is 37.3 Å². The smallest absolute Gasteiger partial charge is 0.326 e. The minimum Gasteiger partial charge on any atom is -0.494 e. The molecule has 31 heavy (non-hydrogen) atoms. The number of thiazole rings is 1. The predicted octanol–water partition coefficient (Wildman–Crippen LogP) is 4.91. The van der Waals surface area contributed by atoms with Gasteiger partial charge < -0.3 is 14.0 Å². The highest BCUT2D eigenvalue weighted by atomic mass is 32.2. The molecule has 0 bridgehead atoms. The molecule has 0 atom stereocenters. The molecule has 0 aliphatic rings. The minimum absolute atomic E-state index is 0.0160. The summed E-state index contributed by atoms with van der Waals surface area (Å²) in [6.45, 7) is 8.77. The zero-order valence-corrected chi connectivity index (χ0v) is 19.7. The van der Waals surface area contributed by atoms with E-state index in [9.17, 15) is 9.59 Å². The topological polar surface area (TPSA) is 69.9 Å². The van der Waals surface area contributed by atoms with Gasteiger partial charge in [0.15, 0.2) is 4.80 Å². The fraction of sp³-hybridized carbons (Fsp3) is 0.348. The van der Waals surface area contributed by atoms with Gasteiger partial charge in [-0.25, -0.2) is 0 Å². The second-order valence-corrected chi connectivity index (χ2v) is 9.61. The van der Waals surface area contributed by atoms with Crippen LogP contribution in [0.3, 0.4) is 0 Å². The Labute approximate surface area is 189 Å². The van der Waals surface area contributed by atoms with E-state index in [1.165, 1.54) is 11.3 Å². The van der Waals surface area contributed by atoms with Gasteiger partial charge in [-0.3, -0.25) is 9.59 Å². The molecular formula is C23H26N2O4S2. The Kier molecular flexibility index (Phi) is 7.92. The Balaban J connectivity index is 2.00. The van der Waals surface area contributed by atoms with Crippen LogP contribution in [0.2, 0.25) is 0 Å². The Bertz CT molecular complexity index is 1130. The van der Waals surface area contributed by atoms with Gasteiger partial charge in [0.25, 0.3) is 5.91 Å². The first kappa shape index (κ1) is 23.1. The summed E-state index contributed by atoms with van der Waals surface area (Å²) in [6.07, 6.45) is 0. The number of aromatic nitrogens is 1. The highest BCUT2D eigenvalue weighted by Crippen LogP contribution is 2.25. The maximum absolute atomic E-state index is 12.8. The van der Waals surface area contributed by atoms with Crippen molar-refractivity contribution >= 4 is 45.2 Å². The van der Waals surface area contributed by atoms with Crippen LogP contribution in [0.4, 0.5) is 0 Å². The van der Waals surface area contributed by atoms with Crippen LogP contribution >= 0.6 is 23.1 Å². The molecule has 0 saturated carbocycles. The molecule has 0 N–H and O–H groups in total. The molecule has 6 nitrogen and oxygen atoms in total. The van der Waals surface area contributed by atoms with Crippen LogP contribution in [0.15, 0.2) is 52.4 Å². The van der Waals surface area contributed by atoms with Crippen molar-refractivity contribution < 1.29 is 19.1 Å². The van der Waals surface area contributed by atoms with Gasteiger partial charge in [0.1, 0.15) is 12.3 Å². The fourth-order valence-electron chi connectivity index (χ4n) is 2.98. The van der Waals surface area contributed by atoms with Crippen molar-refractivity contribution in [3.05, 3.63) is 52.8 Å². The highest BCUT2D eigenvalue weighted by molar-refractivity contribution is 7.99. The molecule has 1 aromatic heterocycles. The summed E-state index contributed by atoms with van der Waals surface area (Å²) in [6, 6.07) is 13.0. The van der Waals surface area contributed by atoms with Crippen LogP contribution in [0.5, 0.6) is 5.75 Å². The first-order valence-corrected chi connectivity index (χ1v) is 11.9. The van der Waals surface area contributed by atoms with Crippen molar-refractivity contribution in [1.82, 2.24) is 4.57 Å². The Morgan fingerprint density at radius 3 is 2.48 bits per heavy atom. The summed E-state index contributed by atoms with van der Waals surface area (Å²) < 4.78 is 13.3. The molecule has 3 rings (SSSR count). The summed E-state index contributed by atoms with van der Waals surface area (Å²) in [5.41, 5.74) is 1.31. The van der Waals surface area contributed by atoms with E-state index in [0.29, 0.717) is 28.8 Å². The second kappa shape index (κ2) is 10.6. The molecule has 1 heterocycles. The van der Waals surface area contributed by atoms with E-state index in [0.717, 1.165) is 20.9 Å². The molecule has 0 unspecified atom stereocenters. The summed E-state index contributed by atoms with van der Waals surface area (Å²) in [4.78, 5) is 30.9. The average Bonchev–Trinajstić information content (AvgIpc) is 3.04. The van der Waals surface area contributed by atoms with E-state index < -0.39 is 0 Å². The zero-order valence-electron chi connectivity index (χ0n) is 18.1. The summed E-state index contributed by atoms with van der Waals surface area (Å²) in [5.74, 6) is 0.00555. The van der Waals surface area contributed by atoms with Gasteiger partial charge >= 0.3 is 5.97 Å². The third-order valence-electron chi connectivity index (χ3n) is 4.23. The van der Waals surface area contributed by atoms with Crippen LogP contribution in [0.1, 0.15) is 38.1 Å². The number of carbonyl (C=O) groups is 2. The third kappa shape index (κ3) is 5.98. The van der Waals surface area contributed by atoms with Crippen LogP contribution in [-0.4, -0.2) is 34.9 Å². The lowest BCUT2D eigenvalue weighted by molar-refractivity contribution is -0.143. The molecule has 0 saturated heterocycles. The quantitative estimate of drug-likeness (QED) is 0.354. The monoisotopic (exact) mass is 458 g/mol. The van der Waals surface area contributed by atoms with Crippen LogP contribution < -0.4 is 9.54 Å². The predicted molar refractivity (Wildman–Crippen MR) is 125 cm³/mol. The lowest BCUT2D eigenvalue weighted by atomic mass is 10.2. The number of rotatable bonds is 8. The molecular weight excluding hydrogens is 432 g/mol. The molecule has 0 fully saturated rings. The van der Waals surface area contributed by atoms with E-state index in [1.54, 1.807) is 35.4 Å². The van der Waals surface area contributed by atoms with Gasteiger partial charge in [0.2, 0.25) is 0 Å². The van der Waals surface area contributed by atoms with Gasteiger partial charge in [-0.2, -0.15) is 4.99 Å². The Morgan fingerprint density at radius 2 is 1.84 bits per heavy atom. The van der Waals surface area contributed by atoms with Gasteiger partial charge in [-0.1, -0.05) is 25.2 Å². The number of thioether (sulfide) groups is 1. The first-order chi connectivity index (χ1) is 14.9. The number of hydrogen-bond donors (Lipinski definition) is 0. The van der Waals surface area contributed by atoms with Crippen molar-refractivity contribution in [2.75, 3.05) is 13.2 Å². The van der Waals surface area contributed by atoms with E-state index >= 15 is 0 Å². The zero-order chi connectivity index (χ0) is 22.4. The molecule has 1 amide bonds. The average molecular weight is 459 g/mol. The number of amides is 1. The maximum atomic E-state index is 12.8. The lowest BCUT2D eigenvalue weighted by Crippen LogP contribution is -2.23. The molecule has 164 valence electrons. The lowest BCUT2D eigenvalue weighted by Gasteiger charge is -2.06. The highest BCUT2D eigenvalue weighted by Gasteiger charge is 2.14. The molecule has 2 aromatic carbocycles. The van der Waals surface area contributed by atoms with Crippen LogP contribution in [-0.2, 0) is 16.1 Å². The number of fused-ring (bicyclic) bond motifs is 1. The number of esters is 1. The van der Waals surface area contributed by atoms with Crippen molar-refractivity contribution in [2.24, 2.45) is 4.99 Å². The van der Waals surface area contributed by atoms with Crippen molar-refractivity contribution in [3.8, 4) is 5.75 Å². The SMILES string of the molecule is CCOC(=O)Cn1c(=NC(=O)c2ccc(SC(C)C)cc2)sc2cc(OCC)ccc21. The Hall–Kier alpha value is -2.58. The number of carbonyl (C=O) groups excluding carboxylic acids is 2. The van der Waals surface area contributed by atoms with Crippen molar-refractivity contribution in [2.45, 2.75) is 44.4 Å². The summed E-state index contributed by atoms with van der Waals surface area (Å²) >= 11 is 3.08. The van der Waals surface area contributed by atoms with Gasteiger partial charge in [-0.05, 0) is 56.3 Å². The van der Waals surface area contributed by atoms with Crippen molar-refractivity contribution in [1.29, 1.82) is 0 Å². The van der Waals surface area contributed by atoms with Crippen LogP contribution in [0.25, 0.3) is 10.2 Å². The fourth-order valence-corrected chi connectivity index (χ4v) is 4.88. The third-order valence-corrected chi connectivity index (χ3v) is 6.28. The molecule has 0 aliphatic carbocycles. The largest absolute Gasteiger partial charge is 0.494 e. The number of hydrogen-bond acceptors (Lipinski definition) is 6. The van der Waals surface area contributed by atoms with Gasteiger partial charge in [0, 0.05) is 15.7 Å². The first-order valence-electron chi connectivity index (χ1n) is 10.2. The molecule has 0 aliphatic heterocycles. The minimum atomic E-state index is -0.375. The van der Waals surface area contributed by atoms with E-state index in [2.05, 4.69) is 18.8 Å². The molecule has 0 spiro atoms. The Morgan fingerprint density at radius 1 is 1.10 bits per heavy atom. The van der Waals surface area contributed by atoms with E-state index in [-0.39, 0.29) is 18.4 Å². The molecule has 8 heteroatoms. The molecule has 0 radical (unpaired) electrons. The van der Waals surface area contributed by atoms with Gasteiger partial charge in [-0.15, -0.1) is 11.8 Å². The van der Waals surface area contributed by atoms with E-state index in [4.69, 9.17) is 9.47 Å². The normalized spacial score (nSPS) is 11.8. The van der Waals surface area contributed by atoms with Gasteiger partial charge in [0.05, 0.1) is 23.4 Å². The van der Waals surface area contributed by atoms with Crippen molar-refractivity contribution in [3.63, 3.8) is 0 Å². The number of benzene rings is 2. The maximum Gasteiger partial charge on any atom is 0.326 e. The number of nitrogens with zero attached hydrogens (tertiary/aromatic N) is 2. The summed E-state index contributed by atoms with van der Waals surface area (Å²) in [5, 5.41) is 0.466. The number of ether oxygens (including phenoxy) is 2. The summed E-state index contributed by atoms with van der Waals surface area (Å²) in [7, 11) is 0.